The van der Waals surface area contributed by atoms with Gasteiger partial charge in [0.1, 0.15) is 0 Å². The highest BCUT2D eigenvalue weighted by Crippen LogP contribution is 2.21. The van der Waals surface area contributed by atoms with E-state index in [9.17, 15) is 23.3 Å². The molecule has 8 nitrogen and oxygen atoms in total. The molecule has 1 amide bonds. The van der Waals surface area contributed by atoms with E-state index in [1.165, 1.54) is 58.9 Å². The van der Waals surface area contributed by atoms with E-state index < -0.39 is 20.9 Å². The Morgan fingerprint density at radius 3 is 2.19 bits per heavy atom. The normalized spacial score (nSPS) is 12.1. The predicted octanol–water partition coefficient (Wildman–Crippen LogP) is 4.55. The van der Waals surface area contributed by atoms with E-state index in [0.717, 1.165) is 0 Å². The summed E-state index contributed by atoms with van der Waals surface area (Å²) in [4.78, 5) is 22.7. The van der Waals surface area contributed by atoms with Crippen molar-refractivity contribution in [2.45, 2.75) is 32.6 Å². The zero-order valence-electron chi connectivity index (χ0n) is 18.7. The van der Waals surface area contributed by atoms with Crippen molar-refractivity contribution in [2.24, 2.45) is 11.8 Å². The van der Waals surface area contributed by atoms with E-state index in [1.54, 1.807) is 6.07 Å². The Kier molecular flexibility index (Phi) is 8.68. The SMILES string of the molecule is CC(C)CN(CC(C)C)S(=O)(=O)c1ccc(NC(=O)/C=C/c2cccc([N+](=O)[O-])c2)cc1. The van der Waals surface area contributed by atoms with Crippen LogP contribution in [0.3, 0.4) is 0 Å². The number of amides is 1. The summed E-state index contributed by atoms with van der Waals surface area (Å²) >= 11 is 0. The maximum atomic E-state index is 13.1. The minimum absolute atomic E-state index is 0.0617. The van der Waals surface area contributed by atoms with Crippen LogP contribution in [0.15, 0.2) is 59.5 Å². The predicted molar refractivity (Wildman–Crippen MR) is 126 cm³/mol. The van der Waals surface area contributed by atoms with Crippen molar-refractivity contribution in [1.29, 1.82) is 0 Å². The van der Waals surface area contributed by atoms with Gasteiger partial charge in [-0.1, -0.05) is 39.8 Å². The smallest absolute Gasteiger partial charge is 0.270 e. The van der Waals surface area contributed by atoms with E-state index in [-0.39, 0.29) is 22.4 Å². The largest absolute Gasteiger partial charge is 0.323 e. The molecule has 0 unspecified atom stereocenters. The molecule has 2 aromatic rings. The van der Waals surface area contributed by atoms with Crippen molar-refractivity contribution >= 4 is 33.4 Å². The number of carbonyl (C=O) groups is 1. The Balaban J connectivity index is 2.10. The summed E-state index contributed by atoms with van der Waals surface area (Å²) in [6.45, 7) is 8.76. The Bertz CT molecular complexity index is 1070. The Labute approximate surface area is 189 Å². The molecule has 2 rings (SSSR count). The molecule has 0 bridgehead atoms. The fourth-order valence-electron chi connectivity index (χ4n) is 3.04. The molecule has 172 valence electrons. The lowest BCUT2D eigenvalue weighted by Crippen LogP contribution is -2.37. The number of benzene rings is 2. The second-order valence-electron chi connectivity index (χ2n) is 8.31. The quantitative estimate of drug-likeness (QED) is 0.318. The summed E-state index contributed by atoms with van der Waals surface area (Å²) in [6, 6.07) is 11.9. The maximum Gasteiger partial charge on any atom is 0.270 e. The molecule has 0 radical (unpaired) electrons. The Morgan fingerprint density at radius 2 is 1.66 bits per heavy atom. The van der Waals surface area contributed by atoms with Gasteiger partial charge >= 0.3 is 0 Å². The van der Waals surface area contributed by atoms with Gasteiger partial charge in [-0.2, -0.15) is 4.31 Å². The van der Waals surface area contributed by atoms with Gasteiger partial charge in [0.2, 0.25) is 15.9 Å². The highest BCUT2D eigenvalue weighted by atomic mass is 32.2. The van der Waals surface area contributed by atoms with Crippen molar-refractivity contribution in [3.8, 4) is 0 Å². The van der Waals surface area contributed by atoms with Crippen LogP contribution < -0.4 is 5.32 Å². The Morgan fingerprint density at radius 1 is 1.06 bits per heavy atom. The van der Waals surface area contributed by atoms with Crippen molar-refractivity contribution in [3.63, 3.8) is 0 Å². The molecule has 1 N–H and O–H groups in total. The number of hydrogen-bond donors (Lipinski definition) is 1. The number of nitro benzene ring substituents is 1. The zero-order valence-corrected chi connectivity index (χ0v) is 19.5. The molecule has 0 atom stereocenters. The van der Waals surface area contributed by atoms with E-state index in [0.29, 0.717) is 24.3 Å². The lowest BCUT2D eigenvalue weighted by Gasteiger charge is -2.25. The van der Waals surface area contributed by atoms with Crippen LogP contribution in [0.25, 0.3) is 6.08 Å². The average molecular weight is 460 g/mol. The van der Waals surface area contributed by atoms with Crippen LogP contribution in [0.1, 0.15) is 33.3 Å². The van der Waals surface area contributed by atoms with Gasteiger partial charge in [-0.05, 0) is 47.7 Å². The van der Waals surface area contributed by atoms with Crippen LogP contribution >= 0.6 is 0 Å². The number of nitrogens with one attached hydrogen (secondary N) is 1. The number of anilines is 1. The van der Waals surface area contributed by atoms with Gasteiger partial charge in [0.05, 0.1) is 9.82 Å². The highest BCUT2D eigenvalue weighted by Gasteiger charge is 2.25. The summed E-state index contributed by atoms with van der Waals surface area (Å²) in [5.74, 6) is -0.0480. The molecule has 0 aliphatic heterocycles. The number of nitrogens with zero attached hydrogens (tertiary/aromatic N) is 2. The molecule has 0 saturated carbocycles. The van der Waals surface area contributed by atoms with Crippen molar-refractivity contribution < 1.29 is 18.1 Å². The molecule has 9 heteroatoms. The molecule has 32 heavy (non-hydrogen) atoms. The molecule has 2 aromatic carbocycles. The van der Waals surface area contributed by atoms with Crippen LogP contribution in [-0.2, 0) is 14.8 Å². The molecular weight excluding hydrogens is 430 g/mol. The highest BCUT2D eigenvalue weighted by molar-refractivity contribution is 7.89. The maximum absolute atomic E-state index is 13.1. The van der Waals surface area contributed by atoms with E-state index in [1.807, 2.05) is 27.7 Å². The minimum Gasteiger partial charge on any atom is -0.323 e. The summed E-state index contributed by atoms with van der Waals surface area (Å²) in [5.41, 5.74) is 0.899. The molecule has 0 fully saturated rings. The first-order chi connectivity index (χ1) is 15.0. The second-order valence-corrected chi connectivity index (χ2v) is 10.2. The number of carbonyl (C=O) groups excluding carboxylic acids is 1. The molecule has 0 saturated heterocycles. The monoisotopic (exact) mass is 459 g/mol. The van der Waals surface area contributed by atoms with Gasteiger partial charge in [-0.15, -0.1) is 0 Å². The first kappa shape index (κ1) is 25.2. The zero-order chi connectivity index (χ0) is 23.9. The van der Waals surface area contributed by atoms with Crippen LogP contribution in [0.5, 0.6) is 0 Å². The number of hydrogen-bond acceptors (Lipinski definition) is 5. The fraction of sp³-hybridized carbons (Fsp3) is 0.348. The van der Waals surface area contributed by atoms with Crippen LogP contribution in [0.4, 0.5) is 11.4 Å². The minimum atomic E-state index is -3.64. The molecule has 0 aliphatic carbocycles. The van der Waals surface area contributed by atoms with E-state index >= 15 is 0 Å². The first-order valence-electron chi connectivity index (χ1n) is 10.3. The topological polar surface area (TPSA) is 110 Å². The van der Waals surface area contributed by atoms with Gasteiger partial charge in [0.15, 0.2) is 0 Å². The number of nitro groups is 1. The van der Waals surface area contributed by atoms with Gasteiger partial charge in [-0.3, -0.25) is 14.9 Å². The molecule has 0 heterocycles. The van der Waals surface area contributed by atoms with Gasteiger partial charge < -0.3 is 5.32 Å². The summed E-state index contributed by atoms with van der Waals surface area (Å²) < 4.78 is 27.6. The first-order valence-corrected chi connectivity index (χ1v) is 11.8. The van der Waals surface area contributed by atoms with Crippen molar-refractivity contribution in [2.75, 3.05) is 18.4 Å². The third kappa shape index (κ3) is 7.28. The third-order valence-electron chi connectivity index (χ3n) is 4.41. The van der Waals surface area contributed by atoms with Crippen LogP contribution in [0.2, 0.25) is 0 Å². The third-order valence-corrected chi connectivity index (χ3v) is 6.25. The van der Waals surface area contributed by atoms with Gasteiger partial charge in [0, 0.05) is 37.0 Å². The standard InChI is InChI=1S/C23H29N3O5S/c1-17(2)15-25(16-18(3)4)32(30,31)22-11-9-20(10-12-22)24-23(27)13-8-19-6-5-7-21(14-19)26(28)29/h5-14,17-18H,15-16H2,1-4H3,(H,24,27)/b13-8+. The molecule has 0 aromatic heterocycles. The van der Waals surface area contributed by atoms with Crippen LogP contribution in [-0.4, -0.2) is 36.6 Å². The number of rotatable bonds is 10. The average Bonchev–Trinajstić information content (AvgIpc) is 2.71. The fourth-order valence-corrected chi connectivity index (χ4v) is 4.81. The molecule has 0 aliphatic rings. The molecular formula is C23H29N3O5S. The summed E-state index contributed by atoms with van der Waals surface area (Å²) in [6.07, 6.45) is 2.73. The summed E-state index contributed by atoms with van der Waals surface area (Å²) in [5, 5.41) is 13.5. The number of non-ortho nitro benzene ring substituents is 1. The van der Waals surface area contributed by atoms with Gasteiger partial charge in [-0.25, -0.2) is 8.42 Å². The lowest BCUT2D eigenvalue weighted by atomic mass is 10.2. The second kappa shape index (κ2) is 11.0. The Hall–Kier alpha value is -3.04. The van der Waals surface area contributed by atoms with Gasteiger partial charge in [0.25, 0.3) is 5.69 Å². The summed E-state index contributed by atoms with van der Waals surface area (Å²) in [7, 11) is -3.64. The van der Waals surface area contributed by atoms with Crippen molar-refractivity contribution in [1.82, 2.24) is 4.31 Å². The van der Waals surface area contributed by atoms with E-state index in [4.69, 9.17) is 0 Å². The molecule has 0 spiro atoms. The van der Waals surface area contributed by atoms with Crippen LogP contribution in [0, 0.1) is 22.0 Å². The van der Waals surface area contributed by atoms with Crippen molar-refractivity contribution in [3.05, 3.63) is 70.3 Å². The number of sulfonamides is 1. The van der Waals surface area contributed by atoms with E-state index in [2.05, 4.69) is 5.32 Å². The lowest BCUT2D eigenvalue weighted by molar-refractivity contribution is -0.384.